The van der Waals surface area contributed by atoms with E-state index in [4.69, 9.17) is 9.47 Å². The van der Waals surface area contributed by atoms with Crippen LogP contribution in [-0.2, 0) is 23.9 Å². The lowest BCUT2D eigenvalue weighted by Crippen LogP contribution is -2.40. The van der Waals surface area contributed by atoms with Crippen LogP contribution in [0.5, 0.6) is 0 Å². The van der Waals surface area contributed by atoms with Crippen molar-refractivity contribution < 1.29 is 34.1 Å². The van der Waals surface area contributed by atoms with Gasteiger partial charge in [-0.3, -0.25) is 14.4 Å². The van der Waals surface area contributed by atoms with Crippen LogP contribution in [0.1, 0.15) is 252 Å². The molecule has 326 valence electrons. The van der Waals surface area contributed by atoms with Crippen molar-refractivity contribution in [3.05, 3.63) is 0 Å². The topological polar surface area (TPSA) is 122 Å². The molecular weight excluding hydrogens is 691 g/mol. The first-order valence-corrected chi connectivity index (χ1v) is 23.8. The van der Waals surface area contributed by atoms with Crippen molar-refractivity contribution in [3.63, 3.8) is 0 Å². The Morgan fingerprint density at radius 3 is 1.38 bits per heavy atom. The number of unbranched alkanes of at least 4 members (excludes halogenated alkanes) is 26. The molecule has 0 saturated heterocycles. The normalized spacial score (nSPS) is 13.1. The molecule has 0 heterocycles. The van der Waals surface area contributed by atoms with Crippen LogP contribution < -0.4 is 5.32 Å². The van der Waals surface area contributed by atoms with Crippen molar-refractivity contribution in [2.24, 2.45) is 0 Å². The molecule has 0 radical (unpaired) electrons. The van der Waals surface area contributed by atoms with Gasteiger partial charge in [-0.25, -0.2) is 0 Å². The van der Waals surface area contributed by atoms with Crippen LogP contribution >= 0.6 is 0 Å². The molecule has 0 bridgehead atoms. The molecule has 0 aliphatic carbocycles. The number of aliphatic carboxylic acids is 1. The monoisotopic (exact) mass is 782 g/mol. The van der Waals surface area contributed by atoms with E-state index in [1.54, 1.807) is 0 Å². The highest BCUT2D eigenvalue weighted by molar-refractivity contribution is 5.76. The fourth-order valence-corrected chi connectivity index (χ4v) is 7.35. The third kappa shape index (κ3) is 40.3. The first-order chi connectivity index (χ1) is 26.8. The maximum atomic E-state index is 12.8. The van der Waals surface area contributed by atoms with Crippen molar-refractivity contribution in [2.75, 3.05) is 13.2 Å². The highest BCUT2D eigenvalue weighted by atomic mass is 16.5. The van der Waals surface area contributed by atoms with Gasteiger partial charge in [0.2, 0.25) is 5.91 Å². The molecule has 0 rings (SSSR count). The fraction of sp³-hybridized carbons (Fsp3) is 0.936. The summed E-state index contributed by atoms with van der Waals surface area (Å²) in [6.07, 6.45) is 37.4. The predicted octanol–water partition coefficient (Wildman–Crippen LogP) is 12.9. The van der Waals surface area contributed by atoms with Crippen molar-refractivity contribution >= 4 is 17.8 Å². The van der Waals surface area contributed by atoms with E-state index in [1.807, 2.05) is 0 Å². The summed E-state index contributed by atoms with van der Waals surface area (Å²) in [6, 6.07) is -0.456. The van der Waals surface area contributed by atoms with Crippen molar-refractivity contribution in [2.45, 2.75) is 270 Å². The smallest absolute Gasteiger partial charge is 0.306 e. The van der Waals surface area contributed by atoms with Gasteiger partial charge in [-0.15, -0.1) is 0 Å². The second-order valence-corrected chi connectivity index (χ2v) is 16.5. The Kier molecular flexibility index (Phi) is 40.7. The molecule has 0 fully saturated rings. The van der Waals surface area contributed by atoms with Gasteiger partial charge in [0.1, 0.15) is 6.10 Å². The summed E-state index contributed by atoms with van der Waals surface area (Å²) in [5, 5.41) is 22.7. The second kappa shape index (κ2) is 41.9. The van der Waals surface area contributed by atoms with Crippen LogP contribution in [0.3, 0.4) is 0 Å². The largest absolute Gasteiger partial charge is 0.481 e. The zero-order valence-corrected chi connectivity index (χ0v) is 36.5. The first-order valence-electron chi connectivity index (χ1n) is 23.8. The van der Waals surface area contributed by atoms with E-state index >= 15 is 0 Å². The Morgan fingerprint density at radius 2 is 0.927 bits per heavy atom. The number of carboxylic acid groups (broad SMARTS) is 1. The van der Waals surface area contributed by atoms with Gasteiger partial charge in [0.15, 0.2) is 0 Å². The van der Waals surface area contributed by atoms with Crippen LogP contribution in [0.15, 0.2) is 0 Å². The van der Waals surface area contributed by atoms with Gasteiger partial charge >= 0.3 is 11.9 Å². The third-order valence-electron chi connectivity index (χ3n) is 10.9. The van der Waals surface area contributed by atoms with Crippen molar-refractivity contribution in [3.8, 4) is 0 Å². The third-order valence-corrected chi connectivity index (χ3v) is 10.9. The molecule has 0 aromatic carbocycles. The lowest BCUT2D eigenvalue weighted by molar-refractivity contribution is -0.150. The number of aliphatic hydroxyl groups is 1. The molecule has 0 unspecified atom stereocenters. The summed E-state index contributed by atoms with van der Waals surface area (Å²) in [5.41, 5.74) is 0. The summed E-state index contributed by atoms with van der Waals surface area (Å²) >= 11 is 0. The number of hydrogen-bond donors (Lipinski definition) is 3. The van der Waals surface area contributed by atoms with Gasteiger partial charge in [0, 0.05) is 19.3 Å². The Labute approximate surface area is 339 Å². The number of amides is 1. The Bertz CT molecular complexity index is 853. The Morgan fingerprint density at radius 1 is 0.509 bits per heavy atom. The van der Waals surface area contributed by atoms with Crippen LogP contribution in [0, 0.1) is 0 Å². The maximum absolute atomic E-state index is 12.8. The minimum Gasteiger partial charge on any atom is -0.481 e. The number of hydrogen-bond acceptors (Lipinski definition) is 6. The number of ether oxygens (including phenoxy) is 2. The van der Waals surface area contributed by atoms with Gasteiger partial charge in [-0.05, 0) is 32.1 Å². The molecule has 0 aliphatic heterocycles. The Hall–Kier alpha value is -1.67. The lowest BCUT2D eigenvalue weighted by atomic mass is 10.0. The zero-order valence-electron chi connectivity index (χ0n) is 36.5. The van der Waals surface area contributed by atoms with Crippen LogP contribution in [0.25, 0.3) is 0 Å². The summed E-state index contributed by atoms with van der Waals surface area (Å²) in [4.78, 5) is 36.9. The first kappa shape index (κ1) is 53.3. The molecule has 55 heavy (non-hydrogen) atoms. The number of carboxylic acids is 1. The standard InChI is InChI=1S/C47H91NO7/c1-4-7-10-13-16-19-20-23-26-29-32-35-47(53)55-44(34-31-28-25-22-18-15-12-9-6-3)38-39-54-41-42(36-37-46(51)52)48-45(50)40-43(49)33-30-27-24-21-17-14-11-8-5-2/h42-44,49H,4-41H2,1-3H3,(H,48,50)(H,51,52)/t42-,43+,44+/m0/s1. The zero-order chi connectivity index (χ0) is 40.5. The van der Waals surface area contributed by atoms with Crippen LogP contribution in [0.2, 0.25) is 0 Å². The predicted molar refractivity (Wildman–Crippen MR) is 230 cm³/mol. The number of esters is 1. The number of aliphatic hydroxyl groups excluding tert-OH is 1. The molecule has 3 atom stereocenters. The summed E-state index contributed by atoms with van der Waals surface area (Å²) in [5.74, 6) is -1.32. The van der Waals surface area contributed by atoms with Gasteiger partial charge < -0.3 is 25.0 Å². The van der Waals surface area contributed by atoms with Gasteiger partial charge in [0.25, 0.3) is 0 Å². The van der Waals surface area contributed by atoms with Gasteiger partial charge in [0.05, 0.1) is 31.8 Å². The number of rotatable bonds is 44. The van der Waals surface area contributed by atoms with E-state index in [-0.39, 0.29) is 43.8 Å². The minimum absolute atomic E-state index is 0.0104. The molecule has 0 saturated carbocycles. The second-order valence-electron chi connectivity index (χ2n) is 16.5. The fourth-order valence-electron chi connectivity index (χ4n) is 7.35. The van der Waals surface area contributed by atoms with Crippen molar-refractivity contribution in [1.29, 1.82) is 0 Å². The van der Waals surface area contributed by atoms with Crippen LogP contribution in [0.4, 0.5) is 0 Å². The van der Waals surface area contributed by atoms with E-state index in [2.05, 4.69) is 26.1 Å². The van der Waals surface area contributed by atoms with Crippen molar-refractivity contribution in [1.82, 2.24) is 5.32 Å². The average Bonchev–Trinajstić information content (AvgIpc) is 3.15. The minimum atomic E-state index is -0.921. The highest BCUT2D eigenvalue weighted by Gasteiger charge is 2.19. The Balaban J connectivity index is 4.66. The molecule has 0 aliphatic rings. The van der Waals surface area contributed by atoms with Crippen LogP contribution in [-0.4, -0.2) is 59.5 Å². The van der Waals surface area contributed by atoms with Gasteiger partial charge in [-0.1, -0.05) is 194 Å². The van der Waals surface area contributed by atoms with E-state index in [9.17, 15) is 24.6 Å². The van der Waals surface area contributed by atoms with E-state index < -0.39 is 18.1 Å². The molecular formula is C47H91NO7. The maximum Gasteiger partial charge on any atom is 0.306 e. The molecule has 0 aromatic heterocycles. The lowest BCUT2D eigenvalue weighted by Gasteiger charge is -2.21. The van der Waals surface area contributed by atoms with E-state index in [0.717, 1.165) is 51.4 Å². The van der Waals surface area contributed by atoms with Gasteiger partial charge in [-0.2, -0.15) is 0 Å². The molecule has 8 nitrogen and oxygen atoms in total. The molecule has 3 N–H and O–H groups in total. The number of carbonyl (C=O) groups is 3. The number of carbonyl (C=O) groups excluding carboxylic acids is 2. The molecule has 0 spiro atoms. The summed E-state index contributed by atoms with van der Waals surface area (Å²) < 4.78 is 12.0. The summed E-state index contributed by atoms with van der Waals surface area (Å²) in [7, 11) is 0. The molecule has 1 amide bonds. The quantitative estimate of drug-likeness (QED) is 0.0415. The van der Waals surface area contributed by atoms with E-state index in [1.165, 1.54) is 141 Å². The SMILES string of the molecule is CCCCCCCCCCCCCC(=O)O[C@H](CCCCCCCCCCC)CCOC[C@H](CCC(=O)O)NC(=O)C[C@H](O)CCCCCCCCCCC. The highest BCUT2D eigenvalue weighted by Crippen LogP contribution is 2.18. The molecule has 0 aromatic rings. The number of nitrogens with one attached hydrogen (secondary N) is 1. The summed E-state index contributed by atoms with van der Waals surface area (Å²) in [6.45, 7) is 7.28. The molecule has 8 heteroatoms. The average molecular weight is 782 g/mol. The van der Waals surface area contributed by atoms with E-state index in [0.29, 0.717) is 25.9 Å².